The molecule has 0 bridgehead atoms. The van der Waals surface area contributed by atoms with Crippen molar-refractivity contribution in [2.24, 2.45) is 11.8 Å². The molecule has 0 aromatic carbocycles. The quantitative estimate of drug-likeness (QED) is 0.778. The Morgan fingerprint density at radius 1 is 1.38 bits per heavy atom. The normalized spacial score (nSPS) is 21.2. The first-order valence-electron chi connectivity index (χ1n) is 6.94. The van der Waals surface area contributed by atoms with Gasteiger partial charge in [-0.1, -0.05) is 6.92 Å². The molecule has 1 fully saturated rings. The van der Waals surface area contributed by atoms with Gasteiger partial charge in [-0.25, -0.2) is 0 Å². The zero-order valence-corrected chi connectivity index (χ0v) is 12.9. The van der Waals surface area contributed by atoms with E-state index in [1.165, 1.54) is 12.0 Å². The van der Waals surface area contributed by atoms with E-state index >= 15 is 0 Å². The van der Waals surface area contributed by atoms with Gasteiger partial charge in [0.2, 0.25) is 0 Å². The lowest BCUT2D eigenvalue weighted by Crippen LogP contribution is -2.25. The van der Waals surface area contributed by atoms with E-state index < -0.39 is 0 Å². The number of carbonyl (C=O) groups excluding carboxylic acids is 2. The van der Waals surface area contributed by atoms with Crippen molar-refractivity contribution in [1.29, 1.82) is 0 Å². The van der Waals surface area contributed by atoms with Gasteiger partial charge in [-0.3, -0.25) is 14.6 Å². The van der Waals surface area contributed by atoms with Crippen molar-refractivity contribution >= 4 is 17.6 Å². The molecule has 1 aromatic rings. The fourth-order valence-corrected chi connectivity index (χ4v) is 2.60. The smallest absolute Gasteiger partial charge is 0.310 e. The van der Waals surface area contributed by atoms with Crippen molar-refractivity contribution in [3.63, 3.8) is 0 Å². The highest BCUT2D eigenvalue weighted by atomic mass is 16.5. The Morgan fingerprint density at radius 2 is 2.10 bits per heavy atom. The molecule has 21 heavy (non-hydrogen) atoms. The van der Waals surface area contributed by atoms with Gasteiger partial charge in [-0.05, 0) is 18.1 Å². The van der Waals surface area contributed by atoms with Crippen LogP contribution in [0.4, 0.5) is 5.69 Å². The molecule has 1 aromatic heterocycles. The van der Waals surface area contributed by atoms with E-state index in [-0.39, 0.29) is 23.7 Å². The van der Waals surface area contributed by atoms with Gasteiger partial charge in [0.1, 0.15) is 5.69 Å². The summed E-state index contributed by atoms with van der Waals surface area (Å²) in [6.45, 7) is 3.40. The highest BCUT2D eigenvalue weighted by molar-refractivity contribution is 5.92. The number of aromatic nitrogens is 1. The fourth-order valence-electron chi connectivity index (χ4n) is 2.60. The third-order valence-electron chi connectivity index (χ3n) is 3.85. The average Bonchev–Trinajstić information content (AvgIpc) is 2.87. The number of hydrogen-bond donors (Lipinski definition) is 0. The molecular formula is C15H21N3O3. The molecule has 1 amide bonds. The molecule has 2 heterocycles. The second kappa shape index (κ2) is 6.11. The molecule has 0 spiro atoms. The summed E-state index contributed by atoms with van der Waals surface area (Å²) in [4.78, 5) is 31.4. The van der Waals surface area contributed by atoms with Crippen LogP contribution >= 0.6 is 0 Å². The van der Waals surface area contributed by atoms with Crippen LogP contribution in [0.5, 0.6) is 0 Å². The van der Waals surface area contributed by atoms with Gasteiger partial charge in [0.25, 0.3) is 5.91 Å². The predicted octanol–water partition coefficient (Wildman–Crippen LogP) is 1.03. The monoisotopic (exact) mass is 291 g/mol. The molecule has 6 nitrogen and oxygen atoms in total. The lowest BCUT2D eigenvalue weighted by molar-refractivity contribution is -0.145. The van der Waals surface area contributed by atoms with Crippen LogP contribution in [0.25, 0.3) is 0 Å². The van der Waals surface area contributed by atoms with E-state index in [4.69, 9.17) is 4.74 Å². The van der Waals surface area contributed by atoms with Gasteiger partial charge in [0, 0.05) is 39.1 Å². The second-order valence-corrected chi connectivity index (χ2v) is 5.61. The van der Waals surface area contributed by atoms with Crippen LogP contribution in [0.15, 0.2) is 18.3 Å². The summed E-state index contributed by atoms with van der Waals surface area (Å²) in [5.41, 5.74) is 1.32. The third kappa shape index (κ3) is 3.15. The lowest BCUT2D eigenvalue weighted by atomic mass is 9.99. The van der Waals surface area contributed by atoms with Crippen LogP contribution in [0, 0.1) is 11.8 Å². The molecule has 2 unspecified atom stereocenters. The molecule has 1 aliphatic heterocycles. The highest BCUT2D eigenvalue weighted by Gasteiger charge is 2.35. The van der Waals surface area contributed by atoms with Gasteiger partial charge < -0.3 is 14.5 Å². The molecule has 0 aliphatic carbocycles. The Balaban J connectivity index is 2.18. The van der Waals surface area contributed by atoms with Gasteiger partial charge in [0.05, 0.1) is 13.0 Å². The van der Waals surface area contributed by atoms with Crippen LogP contribution in [-0.2, 0) is 9.53 Å². The van der Waals surface area contributed by atoms with E-state index in [2.05, 4.69) is 9.88 Å². The van der Waals surface area contributed by atoms with Crippen LogP contribution in [0.3, 0.4) is 0 Å². The van der Waals surface area contributed by atoms with Crippen LogP contribution in [0.2, 0.25) is 0 Å². The highest BCUT2D eigenvalue weighted by Crippen LogP contribution is 2.29. The van der Waals surface area contributed by atoms with Crippen LogP contribution < -0.4 is 4.90 Å². The predicted molar refractivity (Wildman–Crippen MR) is 79.1 cm³/mol. The number of anilines is 1. The Kier molecular flexibility index (Phi) is 4.45. The summed E-state index contributed by atoms with van der Waals surface area (Å²) in [6, 6.07) is 3.63. The second-order valence-electron chi connectivity index (χ2n) is 5.61. The van der Waals surface area contributed by atoms with Crippen molar-refractivity contribution in [2.45, 2.75) is 6.92 Å². The SMILES string of the molecule is COC(=O)C1CN(c2ccnc(C(=O)N(C)C)c2)CC1C. The van der Waals surface area contributed by atoms with Gasteiger partial charge in [0.15, 0.2) is 0 Å². The Morgan fingerprint density at radius 3 is 2.71 bits per heavy atom. The van der Waals surface area contributed by atoms with E-state index in [0.717, 1.165) is 12.2 Å². The molecule has 2 rings (SSSR count). The van der Waals surface area contributed by atoms with Gasteiger partial charge >= 0.3 is 5.97 Å². The molecule has 2 atom stereocenters. The summed E-state index contributed by atoms with van der Waals surface area (Å²) in [6.07, 6.45) is 1.63. The molecule has 0 saturated carbocycles. The number of rotatable bonds is 3. The topological polar surface area (TPSA) is 62.7 Å². The van der Waals surface area contributed by atoms with E-state index in [0.29, 0.717) is 12.2 Å². The van der Waals surface area contributed by atoms with Crippen molar-refractivity contribution in [1.82, 2.24) is 9.88 Å². The summed E-state index contributed by atoms with van der Waals surface area (Å²) in [5, 5.41) is 0. The first-order valence-corrected chi connectivity index (χ1v) is 6.94. The first kappa shape index (κ1) is 15.3. The molecule has 114 valence electrons. The largest absolute Gasteiger partial charge is 0.469 e. The molecule has 6 heteroatoms. The Hall–Kier alpha value is -2.11. The van der Waals surface area contributed by atoms with Crippen molar-refractivity contribution < 1.29 is 14.3 Å². The Bertz CT molecular complexity index is 545. The van der Waals surface area contributed by atoms with E-state index in [1.807, 2.05) is 13.0 Å². The van der Waals surface area contributed by atoms with Crippen LogP contribution in [0.1, 0.15) is 17.4 Å². The average molecular weight is 291 g/mol. The summed E-state index contributed by atoms with van der Waals surface area (Å²) >= 11 is 0. The van der Waals surface area contributed by atoms with Crippen molar-refractivity contribution in [2.75, 3.05) is 39.2 Å². The van der Waals surface area contributed by atoms with Crippen LogP contribution in [-0.4, -0.2) is 56.1 Å². The number of methoxy groups -OCH3 is 1. The van der Waals surface area contributed by atoms with Crippen molar-refractivity contribution in [3.8, 4) is 0 Å². The summed E-state index contributed by atoms with van der Waals surface area (Å²) < 4.78 is 4.84. The molecule has 1 aliphatic rings. The zero-order valence-electron chi connectivity index (χ0n) is 12.9. The number of carbonyl (C=O) groups is 2. The number of pyridine rings is 1. The van der Waals surface area contributed by atoms with Crippen molar-refractivity contribution in [3.05, 3.63) is 24.0 Å². The maximum atomic E-state index is 12.0. The first-order chi connectivity index (χ1) is 9.93. The number of esters is 1. The van der Waals surface area contributed by atoms with Gasteiger partial charge in [-0.2, -0.15) is 0 Å². The fraction of sp³-hybridized carbons (Fsp3) is 0.533. The van der Waals surface area contributed by atoms with E-state index in [9.17, 15) is 9.59 Å². The maximum Gasteiger partial charge on any atom is 0.310 e. The molecular weight excluding hydrogens is 270 g/mol. The number of ether oxygens (including phenoxy) is 1. The molecule has 1 saturated heterocycles. The number of hydrogen-bond acceptors (Lipinski definition) is 5. The standard InChI is InChI=1S/C15H21N3O3/c1-10-8-18(9-12(10)15(20)21-4)11-5-6-16-13(7-11)14(19)17(2)3/h5-7,10,12H,8-9H2,1-4H3. The minimum Gasteiger partial charge on any atom is -0.469 e. The van der Waals surface area contributed by atoms with Gasteiger partial charge in [-0.15, -0.1) is 0 Å². The minimum absolute atomic E-state index is 0.129. The Labute approximate surface area is 124 Å². The maximum absolute atomic E-state index is 12.0. The number of amides is 1. The number of nitrogens with zero attached hydrogens (tertiary/aromatic N) is 3. The zero-order chi connectivity index (χ0) is 15.6. The lowest BCUT2D eigenvalue weighted by Gasteiger charge is -2.19. The van der Waals surface area contributed by atoms with E-state index in [1.54, 1.807) is 26.4 Å². The molecule has 0 radical (unpaired) electrons. The molecule has 0 N–H and O–H groups in total. The summed E-state index contributed by atoms with van der Waals surface area (Å²) in [5.74, 6) is -0.216. The summed E-state index contributed by atoms with van der Waals surface area (Å²) in [7, 11) is 4.81. The minimum atomic E-state index is -0.177. The third-order valence-corrected chi connectivity index (χ3v) is 3.85.